The van der Waals surface area contributed by atoms with Gasteiger partial charge in [0.1, 0.15) is 0 Å². The molecule has 0 bridgehead atoms. The molecule has 0 aliphatic rings. The van der Waals surface area contributed by atoms with Crippen LogP contribution in [0.4, 0.5) is 0 Å². The molecule has 0 amide bonds. The monoisotopic (exact) mass is 172 g/mol. The SMILES string of the molecule is CC(=O)C=NN(C)[Si](C)(C)C. The van der Waals surface area contributed by atoms with E-state index in [4.69, 9.17) is 0 Å². The topological polar surface area (TPSA) is 32.7 Å². The minimum atomic E-state index is -1.34. The molecule has 0 aliphatic carbocycles. The lowest BCUT2D eigenvalue weighted by Gasteiger charge is -2.26. The zero-order chi connectivity index (χ0) is 9.07. The first-order chi connectivity index (χ1) is 4.84. The maximum absolute atomic E-state index is 10.5. The van der Waals surface area contributed by atoms with Gasteiger partial charge in [0.25, 0.3) is 0 Å². The summed E-state index contributed by atoms with van der Waals surface area (Å²) < 4.78 is 1.90. The second-order valence-electron chi connectivity index (χ2n) is 3.55. The highest BCUT2D eigenvalue weighted by Crippen LogP contribution is 2.05. The van der Waals surface area contributed by atoms with Crippen LogP contribution in [0.2, 0.25) is 19.6 Å². The highest BCUT2D eigenvalue weighted by atomic mass is 28.3. The van der Waals surface area contributed by atoms with Crippen LogP contribution in [0.15, 0.2) is 5.10 Å². The predicted octanol–water partition coefficient (Wildman–Crippen LogP) is 1.33. The maximum Gasteiger partial charge on any atom is 0.172 e. The van der Waals surface area contributed by atoms with E-state index in [1.807, 2.05) is 11.7 Å². The summed E-state index contributed by atoms with van der Waals surface area (Å²) in [5.41, 5.74) is 0. The van der Waals surface area contributed by atoms with Crippen molar-refractivity contribution in [2.45, 2.75) is 26.6 Å². The molecule has 0 aliphatic heterocycles. The van der Waals surface area contributed by atoms with Crippen LogP contribution in [0.3, 0.4) is 0 Å². The average Bonchev–Trinajstić information content (AvgIpc) is 1.80. The Bertz CT molecular complexity index is 172. The van der Waals surface area contributed by atoms with E-state index in [2.05, 4.69) is 24.7 Å². The fraction of sp³-hybridized carbons (Fsp3) is 0.714. The Morgan fingerprint density at radius 3 is 2.18 bits per heavy atom. The number of hydrogen-bond acceptors (Lipinski definition) is 3. The van der Waals surface area contributed by atoms with Crippen LogP contribution in [0.25, 0.3) is 0 Å². The molecule has 0 rings (SSSR count). The Balaban J connectivity index is 4.07. The molecule has 0 aromatic carbocycles. The van der Waals surface area contributed by atoms with Gasteiger partial charge in [-0.15, -0.1) is 0 Å². The number of carbonyl (C=O) groups excluding carboxylic acids is 1. The third-order valence-electron chi connectivity index (χ3n) is 1.38. The minimum absolute atomic E-state index is 0.00454. The summed E-state index contributed by atoms with van der Waals surface area (Å²) >= 11 is 0. The zero-order valence-electron chi connectivity index (χ0n) is 7.88. The molecule has 0 unspecified atom stereocenters. The Morgan fingerprint density at radius 2 is 1.91 bits per heavy atom. The Labute approximate surface area is 69.2 Å². The smallest absolute Gasteiger partial charge is 0.172 e. The fourth-order valence-corrected chi connectivity index (χ4v) is 0.745. The number of nitrogens with zero attached hydrogens (tertiary/aromatic N) is 2. The first-order valence-corrected chi connectivity index (χ1v) is 7.07. The Hall–Kier alpha value is -0.643. The van der Waals surface area contributed by atoms with Crippen molar-refractivity contribution in [1.29, 1.82) is 0 Å². The number of carbonyl (C=O) groups is 1. The van der Waals surface area contributed by atoms with Crippen molar-refractivity contribution in [2.75, 3.05) is 7.05 Å². The molecule has 0 saturated carbocycles. The van der Waals surface area contributed by atoms with Gasteiger partial charge >= 0.3 is 0 Å². The fourth-order valence-electron chi connectivity index (χ4n) is 0.341. The summed E-state index contributed by atoms with van der Waals surface area (Å²) in [6.07, 6.45) is 1.36. The third-order valence-corrected chi connectivity index (χ3v) is 3.44. The molecule has 0 aromatic rings. The molecule has 0 atom stereocenters. The molecule has 0 heterocycles. The molecular formula is C7H16N2OSi. The first-order valence-electron chi connectivity index (χ1n) is 3.62. The van der Waals surface area contributed by atoms with Gasteiger partial charge in [-0.2, -0.15) is 5.10 Å². The summed E-state index contributed by atoms with van der Waals surface area (Å²) in [5.74, 6) is -0.00454. The van der Waals surface area contributed by atoms with Crippen LogP contribution in [-0.2, 0) is 4.79 Å². The molecule has 3 nitrogen and oxygen atoms in total. The van der Waals surface area contributed by atoms with Crippen molar-refractivity contribution in [3.63, 3.8) is 0 Å². The molecule has 0 saturated heterocycles. The van der Waals surface area contributed by atoms with Gasteiger partial charge in [-0.05, 0) is 0 Å². The van der Waals surface area contributed by atoms with Crippen molar-refractivity contribution >= 4 is 20.2 Å². The molecular weight excluding hydrogens is 156 g/mol. The van der Waals surface area contributed by atoms with Crippen LogP contribution in [-0.4, -0.2) is 32.0 Å². The number of Topliss-reactive ketones (excluding diaryl/α,β-unsaturated/α-hetero) is 1. The molecule has 0 aromatic heterocycles. The molecule has 4 heteroatoms. The number of hydrazone groups is 1. The van der Waals surface area contributed by atoms with Gasteiger partial charge in [-0.25, -0.2) is 0 Å². The van der Waals surface area contributed by atoms with E-state index >= 15 is 0 Å². The second-order valence-corrected chi connectivity index (χ2v) is 8.54. The predicted molar refractivity (Wildman–Crippen MR) is 50.3 cm³/mol. The van der Waals surface area contributed by atoms with Gasteiger partial charge in [0, 0.05) is 14.0 Å². The normalized spacial score (nSPS) is 12.1. The lowest BCUT2D eigenvalue weighted by Crippen LogP contribution is -2.39. The molecule has 64 valence electrons. The third kappa shape index (κ3) is 4.72. The van der Waals surface area contributed by atoms with Crippen molar-refractivity contribution < 1.29 is 4.79 Å². The van der Waals surface area contributed by atoms with Gasteiger partial charge in [-0.1, -0.05) is 19.6 Å². The van der Waals surface area contributed by atoms with E-state index in [1.54, 1.807) is 0 Å². The van der Waals surface area contributed by atoms with E-state index in [9.17, 15) is 4.79 Å². The second kappa shape index (κ2) is 3.66. The van der Waals surface area contributed by atoms with Crippen LogP contribution < -0.4 is 0 Å². The lowest BCUT2D eigenvalue weighted by atomic mass is 10.5. The van der Waals surface area contributed by atoms with Crippen molar-refractivity contribution in [1.82, 2.24) is 4.67 Å². The van der Waals surface area contributed by atoms with Crippen molar-refractivity contribution in [3.05, 3.63) is 0 Å². The van der Waals surface area contributed by atoms with Gasteiger partial charge < -0.3 is 4.67 Å². The summed E-state index contributed by atoms with van der Waals surface area (Å²) in [7, 11) is 0.564. The van der Waals surface area contributed by atoms with Gasteiger partial charge in [0.05, 0.1) is 6.21 Å². The standard InChI is InChI=1S/C7H16N2OSi/c1-7(10)6-8-9(2)11(3,4)5/h6H,1-5H3. The lowest BCUT2D eigenvalue weighted by molar-refractivity contribution is -0.110. The maximum atomic E-state index is 10.5. The first kappa shape index (κ1) is 10.4. The number of ketones is 1. The van der Waals surface area contributed by atoms with E-state index in [-0.39, 0.29) is 5.78 Å². The van der Waals surface area contributed by atoms with Crippen LogP contribution in [0.5, 0.6) is 0 Å². The summed E-state index contributed by atoms with van der Waals surface area (Å²) in [6.45, 7) is 8.01. The van der Waals surface area contributed by atoms with E-state index in [0.29, 0.717) is 0 Å². The van der Waals surface area contributed by atoms with E-state index < -0.39 is 8.24 Å². The number of rotatable bonds is 3. The summed E-state index contributed by atoms with van der Waals surface area (Å²) in [4.78, 5) is 10.5. The van der Waals surface area contributed by atoms with Gasteiger partial charge in [0.15, 0.2) is 14.0 Å². The molecule has 0 fully saturated rings. The molecule has 11 heavy (non-hydrogen) atoms. The Kier molecular flexibility index (Phi) is 3.45. The average molecular weight is 172 g/mol. The van der Waals surface area contributed by atoms with Gasteiger partial charge in [0.2, 0.25) is 0 Å². The molecule has 0 radical (unpaired) electrons. The highest BCUT2D eigenvalue weighted by Gasteiger charge is 2.18. The van der Waals surface area contributed by atoms with Gasteiger partial charge in [-0.3, -0.25) is 4.79 Å². The van der Waals surface area contributed by atoms with Crippen LogP contribution in [0, 0.1) is 0 Å². The van der Waals surface area contributed by atoms with E-state index in [0.717, 1.165) is 0 Å². The Morgan fingerprint density at radius 1 is 1.45 bits per heavy atom. The van der Waals surface area contributed by atoms with E-state index in [1.165, 1.54) is 13.1 Å². The van der Waals surface area contributed by atoms with Crippen molar-refractivity contribution in [2.24, 2.45) is 5.10 Å². The summed E-state index contributed by atoms with van der Waals surface area (Å²) in [6, 6.07) is 0. The highest BCUT2D eigenvalue weighted by molar-refractivity contribution is 6.73. The van der Waals surface area contributed by atoms with Crippen LogP contribution in [0.1, 0.15) is 6.92 Å². The van der Waals surface area contributed by atoms with Crippen LogP contribution >= 0.6 is 0 Å². The minimum Gasteiger partial charge on any atom is -0.328 e. The summed E-state index contributed by atoms with van der Waals surface area (Å²) in [5, 5.41) is 4.02. The largest absolute Gasteiger partial charge is 0.328 e. The molecule has 0 N–H and O–H groups in total. The zero-order valence-corrected chi connectivity index (χ0v) is 8.88. The quantitative estimate of drug-likeness (QED) is 0.365. The van der Waals surface area contributed by atoms with Crippen molar-refractivity contribution in [3.8, 4) is 0 Å². The molecule has 0 spiro atoms. The number of hydrogen-bond donors (Lipinski definition) is 0.